The first kappa shape index (κ1) is 20.0. The number of carbonyl (C=O) groups excluding carboxylic acids is 2. The summed E-state index contributed by atoms with van der Waals surface area (Å²) in [5.41, 5.74) is -1.39. The first-order valence-corrected chi connectivity index (χ1v) is 4.32. The Hall–Kier alpha value is -0.437. The number of rotatable bonds is 0. The molecule has 4 nitrogen and oxygen atoms in total. The topological polar surface area (TPSA) is 80.3 Å². The summed E-state index contributed by atoms with van der Waals surface area (Å²) < 4.78 is 0. The van der Waals surface area contributed by atoms with Gasteiger partial charge in [-0.25, -0.2) is 0 Å². The molecule has 0 aromatic carbocycles. The summed E-state index contributed by atoms with van der Waals surface area (Å²) >= 11 is 0. The summed E-state index contributed by atoms with van der Waals surface area (Å²) in [7, 11) is 0. The molecule has 0 atom stereocenters. The average molecular weight is 305 g/mol. The molecule has 0 saturated heterocycles. The fourth-order valence-electron chi connectivity index (χ4n) is 0. The van der Waals surface area contributed by atoms with Crippen LogP contribution in [0.1, 0.15) is 41.5 Å². The van der Waals surface area contributed by atoms with Crippen molar-refractivity contribution in [3.05, 3.63) is 0 Å². The molecule has 0 N–H and O–H groups in total. The quantitative estimate of drug-likeness (QED) is 0.568. The largest absolute Gasteiger partial charge is 0.550 e. The SMILES string of the molecule is CC(C)(C)C(=O)[O-].CC(C)(C)C(=O)[O-].[Rh]. The number of carboxylic acid groups (broad SMARTS) is 2. The second kappa shape index (κ2) is 6.94. The minimum absolute atomic E-state index is 0. The van der Waals surface area contributed by atoms with Crippen molar-refractivity contribution >= 4 is 11.9 Å². The number of hydrogen-bond donors (Lipinski definition) is 0. The molecule has 0 aliphatic carbocycles. The molecule has 0 unspecified atom stereocenters. The Morgan fingerprint density at radius 1 is 0.733 bits per heavy atom. The summed E-state index contributed by atoms with van der Waals surface area (Å²) in [4.78, 5) is 19.8. The molecule has 0 rings (SSSR count). The van der Waals surface area contributed by atoms with E-state index in [-0.39, 0.29) is 19.5 Å². The van der Waals surface area contributed by atoms with Gasteiger partial charge in [0.1, 0.15) is 0 Å². The van der Waals surface area contributed by atoms with Gasteiger partial charge in [0.15, 0.2) is 0 Å². The monoisotopic (exact) mass is 305 g/mol. The van der Waals surface area contributed by atoms with Gasteiger partial charge in [-0.2, -0.15) is 0 Å². The van der Waals surface area contributed by atoms with Gasteiger partial charge >= 0.3 is 0 Å². The van der Waals surface area contributed by atoms with Gasteiger partial charge in [0.25, 0.3) is 0 Å². The molecule has 0 aliphatic rings. The number of aliphatic carboxylic acids is 2. The molecule has 0 aliphatic heterocycles. The molecular weight excluding hydrogens is 287 g/mol. The summed E-state index contributed by atoms with van der Waals surface area (Å²) in [6.45, 7) is 9.60. The Morgan fingerprint density at radius 3 is 0.800 bits per heavy atom. The van der Waals surface area contributed by atoms with E-state index in [1.807, 2.05) is 0 Å². The van der Waals surface area contributed by atoms with Crippen molar-refractivity contribution in [1.82, 2.24) is 0 Å². The first-order chi connectivity index (χ1) is 5.89. The molecule has 15 heavy (non-hydrogen) atoms. The average Bonchev–Trinajstić information content (AvgIpc) is 1.83. The molecule has 0 amide bonds. The maximum atomic E-state index is 9.91. The van der Waals surface area contributed by atoms with Crippen LogP contribution in [-0.2, 0) is 29.1 Å². The zero-order valence-electron chi connectivity index (χ0n) is 9.97. The van der Waals surface area contributed by atoms with Crippen molar-refractivity contribution in [3.8, 4) is 0 Å². The van der Waals surface area contributed by atoms with E-state index in [0.717, 1.165) is 0 Å². The number of carboxylic acids is 2. The second-order valence-electron chi connectivity index (χ2n) is 5.07. The van der Waals surface area contributed by atoms with Crippen LogP contribution in [-0.4, -0.2) is 11.9 Å². The van der Waals surface area contributed by atoms with Gasteiger partial charge in [-0.15, -0.1) is 0 Å². The van der Waals surface area contributed by atoms with Crippen molar-refractivity contribution in [2.75, 3.05) is 0 Å². The molecular formula is C10H18O4Rh-2. The van der Waals surface area contributed by atoms with Gasteiger partial charge in [-0.1, -0.05) is 41.5 Å². The van der Waals surface area contributed by atoms with Gasteiger partial charge in [0.2, 0.25) is 0 Å². The molecule has 0 spiro atoms. The van der Waals surface area contributed by atoms with Gasteiger partial charge in [-0.3, -0.25) is 0 Å². The van der Waals surface area contributed by atoms with Crippen LogP contribution in [0, 0.1) is 10.8 Å². The molecule has 1 radical (unpaired) electrons. The van der Waals surface area contributed by atoms with Gasteiger partial charge in [-0.05, 0) is 0 Å². The molecule has 0 bridgehead atoms. The van der Waals surface area contributed by atoms with E-state index >= 15 is 0 Å². The van der Waals surface area contributed by atoms with Crippen molar-refractivity contribution in [1.29, 1.82) is 0 Å². The number of hydrogen-bond acceptors (Lipinski definition) is 4. The van der Waals surface area contributed by atoms with Gasteiger partial charge in [0, 0.05) is 42.2 Å². The van der Waals surface area contributed by atoms with Crippen molar-refractivity contribution in [2.45, 2.75) is 41.5 Å². The molecule has 0 heterocycles. The van der Waals surface area contributed by atoms with Crippen LogP contribution >= 0.6 is 0 Å². The van der Waals surface area contributed by atoms with Crippen LogP contribution in [0.2, 0.25) is 0 Å². The van der Waals surface area contributed by atoms with Crippen LogP contribution in [0.5, 0.6) is 0 Å². The Labute approximate surface area is 104 Å². The van der Waals surface area contributed by atoms with Gasteiger partial charge < -0.3 is 19.8 Å². The fraction of sp³-hybridized carbons (Fsp3) is 0.800. The fourth-order valence-corrected chi connectivity index (χ4v) is 0. The van der Waals surface area contributed by atoms with Crippen molar-refractivity contribution in [3.63, 3.8) is 0 Å². The maximum Gasteiger partial charge on any atom is 0.0467 e. The van der Waals surface area contributed by atoms with E-state index in [9.17, 15) is 19.8 Å². The van der Waals surface area contributed by atoms with Crippen LogP contribution in [0.4, 0.5) is 0 Å². The zero-order valence-corrected chi connectivity index (χ0v) is 11.6. The maximum absolute atomic E-state index is 9.91. The van der Waals surface area contributed by atoms with Crippen LogP contribution in [0.15, 0.2) is 0 Å². The van der Waals surface area contributed by atoms with E-state index in [2.05, 4.69) is 0 Å². The van der Waals surface area contributed by atoms with Crippen LogP contribution < -0.4 is 10.2 Å². The van der Waals surface area contributed by atoms with E-state index in [4.69, 9.17) is 0 Å². The van der Waals surface area contributed by atoms with E-state index < -0.39 is 22.8 Å². The third-order valence-electron chi connectivity index (χ3n) is 1.22. The minimum atomic E-state index is -1.01. The van der Waals surface area contributed by atoms with Crippen LogP contribution in [0.3, 0.4) is 0 Å². The smallest absolute Gasteiger partial charge is 0.0467 e. The third-order valence-corrected chi connectivity index (χ3v) is 1.22. The summed E-state index contributed by atoms with van der Waals surface area (Å²) in [6.07, 6.45) is 0. The molecule has 5 heteroatoms. The third kappa shape index (κ3) is 13.6. The Balaban J connectivity index is -0.000000180. The minimum Gasteiger partial charge on any atom is -0.550 e. The Kier molecular flexibility index (Phi) is 9.27. The summed E-state index contributed by atoms with van der Waals surface area (Å²) in [5.74, 6) is -2.01. The second-order valence-corrected chi connectivity index (χ2v) is 5.07. The summed E-state index contributed by atoms with van der Waals surface area (Å²) in [6, 6.07) is 0. The summed E-state index contributed by atoms with van der Waals surface area (Å²) in [5, 5.41) is 19.8. The molecule has 93 valence electrons. The van der Waals surface area contributed by atoms with Crippen molar-refractivity contribution < 1.29 is 39.3 Å². The predicted octanol–water partition coefficient (Wildman–Crippen LogP) is -0.438. The van der Waals surface area contributed by atoms with E-state index in [1.165, 1.54) is 0 Å². The molecule has 0 aromatic heterocycles. The molecule has 0 saturated carbocycles. The normalized spacial score (nSPS) is 10.5. The molecule has 0 aromatic rings. The van der Waals surface area contributed by atoms with Crippen LogP contribution in [0.25, 0.3) is 0 Å². The zero-order chi connectivity index (χ0) is 12.2. The van der Waals surface area contributed by atoms with Crippen molar-refractivity contribution in [2.24, 2.45) is 10.8 Å². The Morgan fingerprint density at radius 2 is 0.800 bits per heavy atom. The van der Waals surface area contributed by atoms with E-state index in [1.54, 1.807) is 41.5 Å². The Bertz CT molecular complexity index is 186. The predicted molar refractivity (Wildman–Crippen MR) is 48.9 cm³/mol. The number of carbonyl (C=O) groups is 2. The van der Waals surface area contributed by atoms with Gasteiger partial charge in [0.05, 0.1) is 0 Å². The molecule has 0 fully saturated rings. The standard InChI is InChI=1S/2C5H10O2.Rh/c2*1-5(2,3)4(6)7;/h2*1-3H3,(H,6,7);/p-2. The van der Waals surface area contributed by atoms with E-state index in [0.29, 0.717) is 0 Å². The first-order valence-electron chi connectivity index (χ1n) is 4.32.